The molecule has 0 amide bonds. The van der Waals surface area contributed by atoms with E-state index in [1.165, 1.54) is 54.6 Å². The van der Waals surface area contributed by atoms with Crippen LogP contribution < -0.4 is 10.2 Å². The Kier molecular flexibility index (Phi) is 11.4. The van der Waals surface area contributed by atoms with Gasteiger partial charge < -0.3 is 79.2 Å². The minimum absolute atomic E-state index is 0.000110. The quantitative estimate of drug-likeness (QED) is 0.0724. The van der Waals surface area contributed by atoms with E-state index in [2.05, 4.69) is 0 Å². The second kappa shape index (κ2) is 16.0. The molecule has 0 bridgehead atoms. The first-order valence-corrected chi connectivity index (χ1v) is 16.4. The van der Waals surface area contributed by atoms with E-state index >= 15 is 0 Å². The van der Waals surface area contributed by atoms with Crippen LogP contribution in [-0.4, -0.2) is 132 Å². The fraction of sp³-hybridized carbons (Fsp3) is 0.333. The van der Waals surface area contributed by atoms with E-state index in [1.54, 1.807) is 0 Å². The van der Waals surface area contributed by atoms with Gasteiger partial charge in [0.15, 0.2) is 12.1 Å². The third kappa shape index (κ3) is 7.97. The van der Waals surface area contributed by atoms with Gasteiger partial charge in [0.1, 0.15) is 89.4 Å². The number of hydrogen-bond donors (Lipinski definition) is 10. The smallest absolute Gasteiger partial charge is 0.330 e. The van der Waals surface area contributed by atoms with Gasteiger partial charge in [-0.05, 0) is 48.0 Å². The highest BCUT2D eigenvalue weighted by Gasteiger charge is 2.52. The Labute approximate surface area is 304 Å². The third-order valence-electron chi connectivity index (χ3n) is 8.76. The van der Waals surface area contributed by atoms with Crippen LogP contribution in [0.4, 0.5) is 0 Å². The van der Waals surface area contributed by atoms with E-state index in [9.17, 15) is 60.7 Å². The Morgan fingerprint density at radius 3 is 2.04 bits per heavy atom. The van der Waals surface area contributed by atoms with Gasteiger partial charge in [0.05, 0.1) is 6.61 Å². The summed E-state index contributed by atoms with van der Waals surface area (Å²) in [4.78, 5) is 26.6. The summed E-state index contributed by atoms with van der Waals surface area (Å²) < 4.78 is 34.1. The standard InChI is InChI=1S/C36H36O18/c37-13-22-26(43)28(45)30(47)35(51-22)53-33-23(14-49-24(42)10-3-15-1-6-17(38)7-2-15)52-36(31(48)29(33)46)54-34-27(44)25-20(41)11-19(40)12-21(25)50-32(34)16-4-8-18(39)9-5-16/h1-12,22-23,26,28-31,33,35-41,43,45-48H,13-14H2/t22-,23-,26+,28+,29-,30-,31-,33+,35-,36-/m1/s1. The molecule has 288 valence electrons. The van der Waals surface area contributed by atoms with Gasteiger partial charge >= 0.3 is 5.97 Å². The number of aliphatic hydroxyl groups is 6. The largest absolute Gasteiger partial charge is 0.508 e. The van der Waals surface area contributed by atoms with Gasteiger partial charge in [-0.15, -0.1) is 0 Å². The molecule has 0 aliphatic carbocycles. The molecule has 3 aromatic carbocycles. The van der Waals surface area contributed by atoms with Crippen molar-refractivity contribution in [3.8, 4) is 40.1 Å². The second-order valence-corrected chi connectivity index (χ2v) is 12.5. The van der Waals surface area contributed by atoms with Crippen LogP contribution in [0.25, 0.3) is 28.4 Å². The Balaban J connectivity index is 1.33. The lowest BCUT2D eigenvalue weighted by Crippen LogP contribution is -2.65. The predicted molar refractivity (Wildman–Crippen MR) is 181 cm³/mol. The molecule has 54 heavy (non-hydrogen) atoms. The molecule has 2 aliphatic rings. The van der Waals surface area contributed by atoms with Crippen molar-refractivity contribution in [1.82, 2.24) is 0 Å². The number of phenolic OH excluding ortho intramolecular Hbond substituents is 4. The third-order valence-corrected chi connectivity index (χ3v) is 8.76. The van der Waals surface area contributed by atoms with Gasteiger partial charge in [-0.3, -0.25) is 4.79 Å². The zero-order valence-corrected chi connectivity index (χ0v) is 27.9. The maximum absolute atomic E-state index is 13.9. The van der Waals surface area contributed by atoms with Gasteiger partial charge in [-0.1, -0.05) is 12.1 Å². The van der Waals surface area contributed by atoms with Gasteiger partial charge in [0, 0.05) is 23.8 Å². The second-order valence-electron chi connectivity index (χ2n) is 12.5. The summed E-state index contributed by atoms with van der Waals surface area (Å²) in [7, 11) is 0. The molecule has 0 unspecified atom stereocenters. The Bertz CT molecular complexity index is 2030. The number of rotatable bonds is 10. The predicted octanol–water partition coefficient (Wildman–Crippen LogP) is -0.450. The van der Waals surface area contributed by atoms with Gasteiger partial charge in [-0.25, -0.2) is 4.79 Å². The van der Waals surface area contributed by atoms with E-state index in [1.807, 2.05) is 0 Å². The molecule has 0 spiro atoms. The van der Waals surface area contributed by atoms with Crippen LogP contribution in [0.5, 0.6) is 28.7 Å². The highest BCUT2D eigenvalue weighted by molar-refractivity contribution is 5.88. The number of esters is 1. The monoisotopic (exact) mass is 756 g/mol. The summed E-state index contributed by atoms with van der Waals surface area (Å²) in [5.41, 5.74) is -0.611. The number of carbonyl (C=O) groups is 1. The van der Waals surface area contributed by atoms with Crippen molar-refractivity contribution in [2.24, 2.45) is 0 Å². The van der Waals surface area contributed by atoms with Gasteiger partial charge in [-0.2, -0.15) is 0 Å². The number of phenols is 4. The van der Waals surface area contributed by atoms with Crippen LogP contribution in [0.15, 0.2) is 76.0 Å². The summed E-state index contributed by atoms with van der Waals surface area (Å²) >= 11 is 0. The molecule has 18 heteroatoms. The average molecular weight is 757 g/mol. The minimum Gasteiger partial charge on any atom is -0.508 e. The molecule has 2 aliphatic heterocycles. The zero-order valence-electron chi connectivity index (χ0n) is 27.9. The highest BCUT2D eigenvalue weighted by Crippen LogP contribution is 2.38. The topological polar surface area (TPSA) is 296 Å². The first-order valence-electron chi connectivity index (χ1n) is 16.4. The normalized spacial score (nSPS) is 28.6. The summed E-state index contributed by atoms with van der Waals surface area (Å²) in [6.45, 7) is -1.55. The zero-order chi connectivity index (χ0) is 38.8. The lowest BCUT2D eigenvalue weighted by Gasteiger charge is -2.46. The molecule has 3 heterocycles. The fourth-order valence-corrected chi connectivity index (χ4v) is 5.90. The van der Waals surface area contributed by atoms with E-state index in [-0.39, 0.29) is 28.4 Å². The lowest BCUT2D eigenvalue weighted by atomic mass is 9.97. The van der Waals surface area contributed by atoms with Crippen molar-refractivity contribution < 1.29 is 84.0 Å². The number of carbonyl (C=O) groups excluding carboxylic acids is 1. The van der Waals surface area contributed by atoms with Crippen molar-refractivity contribution >= 4 is 23.0 Å². The average Bonchev–Trinajstić information content (AvgIpc) is 3.14. The SMILES string of the molecule is O=C(C=Cc1ccc(O)cc1)OC[C@H]1O[C@H](Oc2c(-c3ccc(O)cc3)oc3cc(O)cc(O)c3c2=O)[C@H](O)[C@@H](O)[C@H]1O[C@H]1O[C@H](CO)[C@H](O)[C@H](O)[C@H]1O. The molecule has 0 radical (unpaired) electrons. The highest BCUT2D eigenvalue weighted by atomic mass is 16.7. The van der Waals surface area contributed by atoms with Crippen LogP contribution in [0.2, 0.25) is 0 Å². The molecule has 0 saturated carbocycles. The first kappa shape index (κ1) is 38.4. The number of aliphatic hydroxyl groups excluding tert-OH is 6. The van der Waals surface area contributed by atoms with Crippen LogP contribution >= 0.6 is 0 Å². The summed E-state index contributed by atoms with van der Waals surface area (Å²) in [5, 5.41) is 103. The molecule has 18 nitrogen and oxygen atoms in total. The summed E-state index contributed by atoms with van der Waals surface area (Å²) in [6, 6.07) is 13.0. The number of ether oxygens (including phenoxy) is 5. The molecule has 10 atom stereocenters. The summed E-state index contributed by atoms with van der Waals surface area (Å²) in [5.74, 6) is -3.18. The van der Waals surface area contributed by atoms with Crippen LogP contribution in [-0.2, 0) is 23.7 Å². The molecule has 4 aromatic rings. The first-order chi connectivity index (χ1) is 25.7. The van der Waals surface area contributed by atoms with E-state index in [0.29, 0.717) is 5.56 Å². The van der Waals surface area contributed by atoms with Gasteiger partial charge in [0.2, 0.25) is 17.5 Å². The molecule has 2 fully saturated rings. The van der Waals surface area contributed by atoms with Crippen molar-refractivity contribution in [2.45, 2.75) is 61.4 Å². The molecule has 2 saturated heterocycles. The molecule has 1 aromatic heterocycles. The van der Waals surface area contributed by atoms with Crippen LogP contribution in [0.1, 0.15) is 5.56 Å². The summed E-state index contributed by atoms with van der Waals surface area (Å²) in [6.07, 6.45) is -15.9. The van der Waals surface area contributed by atoms with Crippen molar-refractivity contribution in [1.29, 1.82) is 0 Å². The lowest BCUT2D eigenvalue weighted by molar-refractivity contribution is -0.352. The molecular formula is C36H36O18. The number of aromatic hydroxyl groups is 4. The van der Waals surface area contributed by atoms with E-state index in [4.69, 9.17) is 28.1 Å². The van der Waals surface area contributed by atoms with Crippen LogP contribution in [0.3, 0.4) is 0 Å². The molecular weight excluding hydrogens is 720 g/mol. The number of fused-ring (bicyclic) bond motifs is 1. The van der Waals surface area contributed by atoms with E-state index < -0.39 is 109 Å². The minimum atomic E-state index is -2.09. The number of hydrogen-bond acceptors (Lipinski definition) is 18. The maximum atomic E-state index is 13.9. The Morgan fingerprint density at radius 1 is 0.741 bits per heavy atom. The Hall–Kier alpha value is -5.28. The van der Waals surface area contributed by atoms with Crippen LogP contribution in [0, 0.1) is 0 Å². The van der Waals surface area contributed by atoms with Crippen molar-refractivity contribution in [2.75, 3.05) is 13.2 Å². The van der Waals surface area contributed by atoms with E-state index in [0.717, 1.165) is 18.2 Å². The number of benzene rings is 3. The van der Waals surface area contributed by atoms with Crippen molar-refractivity contribution in [3.63, 3.8) is 0 Å². The fourth-order valence-electron chi connectivity index (χ4n) is 5.90. The van der Waals surface area contributed by atoms with Gasteiger partial charge in [0.25, 0.3) is 0 Å². The van der Waals surface area contributed by atoms with Crippen molar-refractivity contribution in [3.05, 3.63) is 82.5 Å². The maximum Gasteiger partial charge on any atom is 0.330 e. The molecule has 6 rings (SSSR count). The molecule has 10 N–H and O–H groups in total. The Morgan fingerprint density at radius 2 is 1.37 bits per heavy atom.